The molecule has 4 atom stereocenters. The van der Waals surface area contributed by atoms with Gasteiger partial charge in [0, 0.05) is 61.4 Å². The highest BCUT2D eigenvalue weighted by molar-refractivity contribution is 5.43. The van der Waals surface area contributed by atoms with Crippen molar-refractivity contribution in [3.05, 3.63) is 52.8 Å². The third-order valence-corrected chi connectivity index (χ3v) is 6.76. The largest absolute Gasteiger partial charge is 0.327 e. The van der Waals surface area contributed by atoms with Crippen molar-refractivity contribution in [3.63, 3.8) is 0 Å². The fourth-order valence-corrected chi connectivity index (χ4v) is 5.24. The Morgan fingerprint density at radius 2 is 2.00 bits per heavy atom. The molecule has 2 aliphatic carbocycles. The maximum Gasteiger partial charge on any atom is 0.157 e. The van der Waals surface area contributed by atoms with E-state index in [0.717, 1.165) is 36.5 Å². The molecule has 0 radical (unpaired) electrons. The summed E-state index contributed by atoms with van der Waals surface area (Å²) < 4.78 is 43.2. The normalized spacial score (nSPS) is 30.7. The van der Waals surface area contributed by atoms with Gasteiger partial charge in [0.15, 0.2) is 11.5 Å². The minimum absolute atomic E-state index is 0.173. The highest BCUT2D eigenvalue weighted by atomic mass is 19.2. The smallest absolute Gasteiger partial charge is 0.157 e. The molecule has 0 saturated heterocycles. The molecule has 1 fully saturated rings. The van der Waals surface area contributed by atoms with Crippen molar-refractivity contribution in [2.75, 3.05) is 0 Å². The highest BCUT2D eigenvalue weighted by Crippen LogP contribution is 2.43. The van der Waals surface area contributed by atoms with Crippen LogP contribution in [0.2, 0.25) is 0 Å². The van der Waals surface area contributed by atoms with E-state index in [9.17, 15) is 13.2 Å². The second kappa shape index (κ2) is 6.95. The molecule has 5 nitrogen and oxygen atoms in total. The van der Waals surface area contributed by atoms with Crippen molar-refractivity contribution in [2.45, 2.75) is 57.8 Å². The summed E-state index contributed by atoms with van der Waals surface area (Å²) in [7, 11) is 0. The topological polar surface area (TPSA) is 59.5 Å². The van der Waals surface area contributed by atoms with Crippen LogP contribution in [0.25, 0.3) is 5.65 Å². The van der Waals surface area contributed by atoms with Crippen LogP contribution in [0.4, 0.5) is 13.2 Å². The highest BCUT2D eigenvalue weighted by Gasteiger charge is 2.40. The Bertz CT molecular complexity index is 1030. The SMILES string of the molecule is Cc1cc2ncc3c(n2n1)CN(C1CC[C@H](C2CC(F)=C(F)C=C2F)C(N)C1)C3. The third kappa shape index (κ3) is 3.18. The molecule has 1 aliphatic heterocycles. The van der Waals surface area contributed by atoms with Crippen LogP contribution in [0, 0.1) is 18.8 Å². The van der Waals surface area contributed by atoms with Crippen LogP contribution in [0.3, 0.4) is 0 Å². The molecule has 2 aromatic heterocycles. The fraction of sp³-hybridized carbons (Fsp3) is 0.524. The Hall–Kier alpha value is -2.19. The van der Waals surface area contributed by atoms with Gasteiger partial charge in [0.2, 0.25) is 0 Å². The summed E-state index contributed by atoms with van der Waals surface area (Å²) in [6.07, 6.45) is 4.65. The summed E-state index contributed by atoms with van der Waals surface area (Å²) in [6.45, 7) is 3.52. The summed E-state index contributed by atoms with van der Waals surface area (Å²) in [5.74, 6) is -3.37. The number of nitrogens with zero attached hydrogens (tertiary/aromatic N) is 4. The predicted molar refractivity (Wildman–Crippen MR) is 103 cm³/mol. The lowest BCUT2D eigenvalue weighted by Crippen LogP contribution is -2.47. The number of hydrogen-bond donors (Lipinski definition) is 1. The predicted octanol–water partition coefficient (Wildman–Crippen LogP) is 3.87. The van der Waals surface area contributed by atoms with E-state index in [1.807, 2.05) is 23.7 Å². The van der Waals surface area contributed by atoms with E-state index in [1.54, 1.807) is 0 Å². The van der Waals surface area contributed by atoms with E-state index in [2.05, 4.69) is 15.0 Å². The molecule has 0 bridgehead atoms. The van der Waals surface area contributed by atoms with E-state index in [4.69, 9.17) is 5.73 Å². The number of aromatic nitrogens is 3. The Labute approximate surface area is 167 Å². The zero-order valence-corrected chi connectivity index (χ0v) is 16.3. The number of hydrogen-bond acceptors (Lipinski definition) is 4. The lowest BCUT2D eigenvalue weighted by molar-refractivity contribution is 0.0987. The van der Waals surface area contributed by atoms with Gasteiger partial charge >= 0.3 is 0 Å². The summed E-state index contributed by atoms with van der Waals surface area (Å²) >= 11 is 0. The van der Waals surface area contributed by atoms with Gasteiger partial charge in [-0.15, -0.1) is 0 Å². The molecule has 8 heteroatoms. The molecule has 154 valence electrons. The lowest BCUT2D eigenvalue weighted by atomic mass is 9.72. The maximum atomic E-state index is 14.3. The van der Waals surface area contributed by atoms with E-state index < -0.39 is 23.4 Å². The third-order valence-electron chi connectivity index (χ3n) is 6.76. The van der Waals surface area contributed by atoms with E-state index >= 15 is 0 Å². The molecule has 5 rings (SSSR count). The molecule has 0 spiro atoms. The first-order valence-corrected chi connectivity index (χ1v) is 10.1. The summed E-state index contributed by atoms with van der Waals surface area (Å²) in [4.78, 5) is 6.87. The summed E-state index contributed by atoms with van der Waals surface area (Å²) in [5.41, 5.74) is 10.5. The van der Waals surface area contributed by atoms with Crippen molar-refractivity contribution in [3.8, 4) is 0 Å². The minimum atomic E-state index is -1.09. The van der Waals surface area contributed by atoms with E-state index in [1.165, 1.54) is 5.56 Å². The Balaban J connectivity index is 1.29. The van der Waals surface area contributed by atoms with E-state index in [0.29, 0.717) is 18.9 Å². The van der Waals surface area contributed by atoms with Crippen molar-refractivity contribution < 1.29 is 13.2 Å². The molecule has 1 saturated carbocycles. The van der Waals surface area contributed by atoms with Crippen molar-refractivity contribution in [2.24, 2.45) is 17.6 Å². The zero-order chi connectivity index (χ0) is 20.3. The average Bonchev–Trinajstić information content (AvgIpc) is 3.27. The Kier molecular flexibility index (Phi) is 4.51. The van der Waals surface area contributed by atoms with Crippen molar-refractivity contribution in [1.82, 2.24) is 19.5 Å². The van der Waals surface area contributed by atoms with Crippen LogP contribution in [-0.2, 0) is 13.1 Å². The lowest BCUT2D eigenvalue weighted by Gasteiger charge is -2.41. The second-order valence-electron chi connectivity index (χ2n) is 8.58. The molecule has 2 N–H and O–H groups in total. The van der Waals surface area contributed by atoms with Crippen LogP contribution < -0.4 is 5.73 Å². The molecule has 3 heterocycles. The molecular formula is C21H24F3N5. The molecule has 29 heavy (non-hydrogen) atoms. The van der Waals surface area contributed by atoms with Gasteiger partial charge in [0.05, 0.1) is 11.4 Å². The number of fused-ring (bicyclic) bond motifs is 3. The Morgan fingerprint density at radius 1 is 1.17 bits per heavy atom. The summed E-state index contributed by atoms with van der Waals surface area (Å²) in [5, 5.41) is 4.56. The summed E-state index contributed by atoms with van der Waals surface area (Å²) in [6, 6.07) is 1.99. The van der Waals surface area contributed by atoms with Gasteiger partial charge in [0.25, 0.3) is 0 Å². The van der Waals surface area contributed by atoms with Crippen LogP contribution in [0.5, 0.6) is 0 Å². The first-order chi connectivity index (χ1) is 13.9. The number of allylic oxidation sites excluding steroid dienone is 4. The minimum Gasteiger partial charge on any atom is -0.327 e. The molecule has 3 unspecified atom stereocenters. The zero-order valence-electron chi connectivity index (χ0n) is 16.3. The molecule has 0 aromatic carbocycles. The number of rotatable bonds is 2. The monoisotopic (exact) mass is 403 g/mol. The standard InChI is InChI=1S/C21H24F3N5/c1-11-4-21-26-8-12-9-28(10-20(12)29(21)27-11)13-2-3-14(19(25)5-13)15-6-17(23)18(24)7-16(15)22/h4,7-8,13-15,19H,2-3,5-6,9-10,25H2,1H3/t13?,14-,15?,19?/m1/s1. The van der Waals surface area contributed by atoms with Gasteiger partial charge in [-0.1, -0.05) is 0 Å². The number of aryl methyl sites for hydroxylation is 1. The van der Waals surface area contributed by atoms with E-state index in [-0.39, 0.29) is 24.4 Å². The van der Waals surface area contributed by atoms with Gasteiger partial charge in [-0.25, -0.2) is 22.7 Å². The molecule has 2 aromatic rings. The fourth-order valence-electron chi connectivity index (χ4n) is 5.24. The van der Waals surface area contributed by atoms with Gasteiger partial charge in [-0.05, 0) is 32.1 Å². The van der Waals surface area contributed by atoms with Gasteiger partial charge in [-0.3, -0.25) is 4.90 Å². The van der Waals surface area contributed by atoms with Crippen molar-refractivity contribution in [1.29, 1.82) is 0 Å². The first-order valence-electron chi connectivity index (χ1n) is 10.1. The maximum absolute atomic E-state index is 14.3. The second-order valence-corrected chi connectivity index (χ2v) is 8.58. The van der Waals surface area contributed by atoms with Crippen LogP contribution in [-0.4, -0.2) is 31.6 Å². The average molecular weight is 403 g/mol. The van der Waals surface area contributed by atoms with Gasteiger partial charge in [0.1, 0.15) is 11.7 Å². The first kappa shape index (κ1) is 18.8. The Morgan fingerprint density at radius 3 is 2.79 bits per heavy atom. The molecular weight excluding hydrogens is 379 g/mol. The molecule has 0 amide bonds. The van der Waals surface area contributed by atoms with Gasteiger partial charge < -0.3 is 5.73 Å². The number of halogens is 3. The number of nitrogens with two attached hydrogens (primary N) is 1. The molecule has 3 aliphatic rings. The quantitative estimate of drug-likeness (QED) is 0.827. The van der Waals surface area contributed by atoms with Crippen LogP contribution in [0.1, 0.15) is 42.6 Å². The van der Waals surface area contributed by atoms with Crippen LogP contribution >= 0.6 is 0 Å². The van der Waals surface area contributed by atoms with Crippen LogP contribution in [0.15, 0.2) is 35.8 Å². The van der Waals surface area contributed by atoms with Gasteiger partial charge in [-0.2, -0.15) is 5.10 Å². The van der Waals surface area contributed by atoms with Crippen molar-refractivity contribution >= 4 is 5.65 Å².